The number of carbonyl (C=O) groups excluding carboxylic acids is 1. The molecule has 0 spiro atoms. The van der Waals surface area contributed by atoms with E-state index in [1.807, 2.05) is 17.7 Å². The average Bonchev–Trinajstić information content (AvgIpc) is 3.02. The first-order valence-corrected chi connectivity index (χ1v) is 11.8. The fourth-order valence-corrected chi connectivity index (χ4v) is 5.39. The summed E-state index contributed by atoms with van der Waals surface area (Å²) in [5.41, 5.74) is 2.27. The number of fused-ring (bicyclic) bond motifs is 1. The number of sulfone groups is 1. The number of ether oxygens (including phenoxy) is 1. The quantitative estimate of drug-likeness (QED) is 0.573. The first-order chi connectivity index (χ1) is 13.8. The molecule has 0 aliphatic carbocycles. The Morgan fingerprint density at radius 2 is 1.90 bits per heavy atom. The van der Waals surface area contributed by atoms with Crippen molar-refractivity contribution in [3.63, 3.8) is 0 Å². The van der Waals surface area contributed by atoms with E-state index in [0.717, 1.165) is 16.6 Å². The Labute approximate surface area is 174 Å². The Bertz CT molecular complexity index is 1190. The number of thiazole rings is 1. The van der Waals surface area contributed by atoms with Gasteiger partial charge in [0.15, 0.2) is 14.6 Å². The van der Waals surface area contributed by atoms with E-state index in [1.54, 1.807) is 12.1 Å². The van der Waals surface area contributed by atoms with Crippen molar-refractivity contribution >= 4 is 37.3 Å². The van der Waals surface area contributed by atoms with Gasteiger partial charge in [-0.05, 0) is 54.8 Å². The van der Waals surface area contributed by atoms with Gasteiger partial charge in [-0.25, -0.2) is 8.42 Å². The van der Waals surface area contributed by atoms with E-state index < -0.39 is 9.84 Å². The van der Waals surface area contributed by atoms with Crippen LogP contribution in [0.25, 0.3) is 10.2 Å². The van der Waals surface area contributed by atoms with Crippen molar-refractivity contribution in [3.05, 3.63) is 52.8 Å². The molecule has 3 rings (SSSR count). The Morgan fingerprint density at radius 3 is 2.55 bits per heavy atom. The van der Waals surface area contributed by atoms with Crippen molar-refractivity contribution in [1.29, 1.82) is 0 Å². The third-order valence-corrected chi connectivity index (χ3v) is 7.64. The maximum atomic E-state index is 12.4. The van der Waals surface area contributed by atoms with Gasteiger partial charge < -0.3 is 9.30 Å². The van der Waals surface area contributed by atoms with Crippen molar-refractivity contribution in [2.45, 2.75) is 31.1 Å². The molecular formula is C21H24N2O4S2. The number of benzene rings is 2. The van der Waals surface area contributed by atoms with Crippen LogP contribution < -0.4 is 9.54 Å². The Kier molecular flexibility index (Phi) is 6.54. The number of hydrogen-bond donors (Lipinski definition) is 0. The topological polar surface area (TPSA) is 77.7 Å². The molecule has 154 valence electrons. The van der Waals surface area contributed by atoms with Crippen LogP contribution in [0.15, 0.2) is 52.4 Å². The second kappa shape index (κ2) is 8.92. The van der Waals surface area contributed by atoms with Gasteiger partial charge in [0.2, 0.25) is 5.91 Å². The lowest BCUT2D eigenvalue weighted by atomic mass is 10.2. The lowest BCUT2D eigenvalue weighted by Crippen LogP contribution is -2.14. The zero-order chi connectivity index (χ0) is 21.0. The summed E-state index contributed by atoms with van der Waals surface area (Å²) < 4.78 is 32.9. The number of rotatable bonds is 7. The summed E-state index contributed by atoms with van der Waals surface area (Å²) >= 11 is 1.47. The number of methoxy groups -OCH3 is 1. The zero-order valence-corrected chi connectivity index (χ0v) is 18.3. The summed E-state index contributed by atoms with van der Waals surface area (Å²) in [6.45, 7) is 2.10. The highest BCUT2D eigenvalue weighted by atomic mass is 32.2. The fraction of sp³-hybridized carbons (Fsp3) is 0.333. The molecule has 8 heteroatoms. The van der Waals surface area contributed by atoms with E-state index in [1.165, 1.54) is 36.1 Å². The minimum atomic E-state index is -3.44. The first-order valence-electron chi connectivity index (χ1n) is 9.37. The average molecular weight is 433 g/mol. The fourth-order valence-electron chi connectivity index (χ4n) is 2.98. The predicted molar refractivity (Wildman–Crippen MR) is 115 cm³/mol. The van der Waals surface area contributed by atoms with Crippen LogP contribution in [0, 0.1) is 0 Å². The molecule has 0 N–H and O–H groups in total. The molecule has 6 nitrogen and oxygen atoms in total. The monoisotopic (exact) mass is 432 g/mol. The molecule has 0 saturated heterocycles. The molecular weight excluding hydrogens is 408 g/mol. The number of aryl methyl sites for hydroxylation is 2. The summed E-state index contributed by atoms with van der Waals surface area (Å²) in [5.74, 6) is 0.187. The smallest absolute Gasteiger partial charge is 0.248 e. The largest absolute Gasteiger partial charge is 0.497 e. The lowest BCUT2D eigenvalue weighted by molar-refractivity contribution is -0.118. The van der Waals surface area contributed by atoms with Crippen molar-refractivity contribution < 1.29 is 17.9 Å². The van der Waals surface area contributed by atoms with Gasteiger partial charge in [-0.2, -0.15) is 4.99 Å². The minimum absolute atomic E-state index is 0.0871. The van der Waals surface area contributed by atoms with Gasteiger partial charge in [-0.1, -0.05) is 24.3 Å². The van der Waals surface area contributed by atoms with Crippen molar-refractivity contribution in [3.8, 4) is 5.75 Å². The lowest BCUT2D eigenvalue weighted by Gasteiger charge is -2.05. The second-order valence-electron chi connectivity index (χ2n) is 6.70. The van der Waals surface area contributed by atoms with Crippen molar-refractivity contribution in [2.24, 2.45) is 12.0 Å². The maximum Gasteiger partial charge on any atom is 0.248 e. The standard InChI is InChI=1S/C21H24N2O4S2/c1-4-15-7-12-18-19(14-15)28-21(23(18)2)22-20(24)6-5-13-29(25,26)17-10-8-16(27-3)9-11-17/h7-12,14H,4-6,13H2,1-3H3. The molecule has 0 saturated carbocycles. The first kappa shape index (κ1) is 21.3. The Balaban J connectivity index is 1.67. The number of hydrogen-bond acceptors (Lipinski definition) is 5. The van der Waals surface area contributed by atoms with Crippen molar-refractivity contribution in [2.75, 3.05) is 12.9 Å². The van der Waals surface area contributed by atoms with Crippen LogP contribution in [0.2, 0.25) is 0 Å². The van der Waals surface area contributed by atoms with Gasteiger partial charge in [0, 0.05) is 13.5 Å². The molecule has 0 unspecified atom stereocenters. The van der Waals surface area contributed by atoms with E-state index >= 15 is 0 Å². The number of amides is 1. The summed E-state index contributed by atoms with van der Waals surface area (Å²) in [6.07, 6.45) is 1.26. The normalized spacial score (nSPS) is 12.4. The molecule has 1 amide bonds. The summed E-state index contributed by atoms with van der Waals surface area (Å²) in [5, 5.41) is 0. The molecule has 0 radical (unpaired) electrons. The molecule has 2 aromatic carbocycles. The van der Waals surface area contributed by atoms with E-state index in [-0.39, 0.29) is 29.4 Å². The summed E-state index contributed by atoms with van der Waals surface area (Å²) in [7, 11) is -0.0368. The summed E-state index contributed by atoms with van der Waals surface area (Å²) in [4.78, 5) is 17.3. The molecule has 0 aliphatic rings. The molecule has 0 aliphatic heterocycles. The molecule has 0 bridgehead atoms. The van der Waals surface area contributed by atoms with Gasteiger partial charge in [0.05, 0.1) is 28.0 Å². The highest BCUT2D eigenvalue weighted by Crippen LogP contribution is 2.19. The van der Waals surface area contributed by atoms with Crippen molar-refractivity contribution in [1.82, 2.24) is 4.57 Å². The SMILES string of the molecule is CCc1ccc2c(c1)sc(=NC(=O)CCCS(=O)(=O)c1ccc(OC)cc1)n2C. The Hall–Kier alpha value is -2.45. The molecule has 3 aromatic rings. The zero-order valence-electron chi connectivity index (χ0n) is 16.7. The third kappa shape index (κ3) is 4.94. The molecule has 1 aromatic heterocycles. The highest BCUT2D eigenvalue weighted by molar-refractivity contribution is 7.91. The summed E-state index contributed by atoms with van der Waals surface area (Å²) in [6, 6.07) is 12.5. The highest BCUT2D eigenvalue weighted by Gasteiger charge is 2.15. The van der Waals surface area contributed by atoms with Crippen LogP contribution in [0.3, 0.4) is 0 Å². The van der Waals surface area contributed by atoms with E-state index in [9.17, 15) is 13.2 Å². The third-order valence-electron chi connectivity index (χ3n) is 4.72. The van der Waals surface area contributed by atoms with Crippen LogP contribution >= 0.6 is 11.3 Å². The van der Waals surface area contributed by atoms with Gasteiger partial charge in [0.1, 0.15) is 5.75 Å². The van der Waals surface area contributed by atoms with Gasteiger partial charge in [0.25, 0.3) is 0 Å². The van der Waals surface area contributed by atoms with Gasteiger partial charge >= 0.3 is 0 Å². The van der Waals surface area contributed by atoms with Gasteiger partial charge in [-0.15, -0.1) is 0 Å². The number of nitrogens with zero attached hydrogens (tertiary/aromatic N) is 2. The molecule has 0 fully saturated rings. The molecule has 0 atom stereocenters. The molecule has 29 heavy (non-hydrogen) atoms. The second-order valence-corrected chi connectivity index (χ2v) is 9.82. The molecule has 1 heterocycles. The van der Waals surface area contributed by atoms with Crippen LogP contribution in [-0.4, -0.2) is 31.8 Å². The minimum Gasteiger partial charge on any atom is -0.497 e. The predicted octanol–water partition coefficient (Wildman–Crippen LogP) is 3.49. The van der Waals surface area contributed by atoms with Crippen LogP contribution in [0.1, 0.15) is 25.3 Å². The number of aromatic nitrogens is 1. The van der Waals surface area contributed by atoms with Crippen LogP contribution in [0.5, 0.6) is 5.75 Å². The van der Waals surface area contributed by atoms with Crippen LogP contribution in [0.4, 0.5) is 0 Å². The van der Waals surface area contributed by atoms with E-state index in [4.69, 9.17) is 4.74 Å². The number of carbonyl (C=O) groups is 1. The van der Waals surface area contributed by atoms with E-state index in [2.05, 4.69) is 24.0 Å². The Morgan fingerprint density at radius 1 is 1.17 bits per heavy atom. The van der Waals surface area contributed by atoms with Gasteiger partial charge in [-0.3, -0.25) is 4.79 Å². The van der Waals surface area contributed by atoms with E-state index in [0.29, 0.717) is 10.6 Å². The van der Waals surface area contributed by atoms with Crippen LogP contribution in [-0.2, 0) is 28.1 Å². The maximum absolute atomic E-state index is 12.4.